The SMILES string of the molecule is Cn1c(=O)c2c(nc3n([C@H]4CCS(=O)(=O)C4)c(-c4ccc5ccccc5c4)cn23)n(C)c1=O. The molecule has 0 aliphatic carbocycles. The summed E-state index contributed by atoms with van der Waals surface area (Å²) in [5.74, 6) is 0.575. The maximum atomic E-state index is 13.0. The second-order valence-electron chi connectivity index (χ2n) is 8.66. The highest BCUT2D eigenvalue weighted by molar-refractivity contribution is 7.91. The summed E-state index contributed by atoms with van der Waals surface area (Å²) in [6.45, 7) is 0. The van der Waals surface area contributed by atoms with Crippen molar-refractivity contribution in [2.45, 2.75) is 12.5 Å². The quantitative estimate of drug-likeness (QED) is 0.398. The van der Waals surface area contributed by atoms with Crippen LogP contribution in [-0.2, 0) is 23.9 Å². The van der Waals surface area contributed by atoms with Crippen molar-refractivity contribution in [3.05, 3.63) is 69.5 Å². The van der Waals surface area contributed by atoms with Crippen LogP contribution in [0.3, 0.4) is 0 Å². The van der Waals surface area contributed by atoms with Crippen LogP contribution >= 0.6 is 0 Å². The number of aromatic nitrogens is 5. The van der Waals surface area contributed by atoms with Gasteiger partial charge in [-0.1, -0.05) is 36.4 Å². The van der Waals surface area contributed by atoms with Crippen LogP contribution in [-0.4, -0.2) is 43.0 Å². The molecular formula is C23H21N5O4S. The average Bonchev–Trinajstić information content (AvgIpc) is 3.46. The zero-order valence-corrected chi connectivity index (χ0v) is 18.9. The van der Waals surface area contributed by atoms with Crippen molar-refractivity contribution in [2.75, 3.05) is 11.5 Å². The van der Waals surface area contributed by atoms with Gasteiger partial charge < -0.3 is 4.57 Å². The second-order valence-corrected chi connectivity index (χ2v) is 10.9. The fraction of sp³-hybridized carbons (Fsp3) is 0.261. The minimum Gasteiger partial charge on any atom is -0.305 e. The molecule has 0 unspecified atom stereocenters. The number of aryl methyl sites for hydroxylation is 1. The zero-order valence-electron chi connectivity index (χ0n) is 18.1. The van der Waals surface area contributed by atoms with E-state index in [0.717, 1.165) is 26.6 Å². The topological polar surface area (TPSA) is 100 Å². The molecule has 1 fully saturated rings. The summed E-state index contributed by atoms with van der Waals surface area (Å²) in [6, 6.07) is 13.8. The minimum absolute atomic E-state index is 0.0120. The molecule has 0 N–H and O–H groups in total. The number of rotatable bonds is 2. The minimum atomic E-state index is -3.16. The van der Waals surface area contributed by atoms with Crippen molar-refractivity contribution in [3.8, 4) is 11.3 Å². The van der Waals surface area contributed by atoms with E-state index in [9.17, 15) is 18.0 Å². The number of hydrogen-bond donors (Lipinski definition) is 0. The smallest absolute Gasteiger partial charge is 0.305 e. The number of nitrogens with zero attached hydrogens (tertiary/aromatic N) is 5. The van der Waals surface area contributed by atoms with E-state index < -0.39 is 21.1 Å². The van der Waals surface area contributed by atoms with Gasteiger partial charge in [-0.25, -0.2) is 13.2 Å². The molecule has 10 heteroatoms. The summed E-state index contributed by atoms with van der Waals surface area (Å²) >= 11 is 0. The molecule has 3 aromatic heterocycles. The predicted octanol–water partition coefficient (Wildman–Crippen LogP) is 1.87. The third kappa shape index (κ3) is 2.83. The zero-order chi connectivity index (χ0) is 23.1. The van der Waals surface area contributed by atoms with E-state index in [1.807, 2.05) is 47.2 Å². The van der Waals surface area contributed by atoms with Crippen LogP contribution in [0.15, 0.2) is 58.3 Å². The third-order valence-corrected chi connectivity index (χ3v) is 8.37. The van der Waals surface area contributed by atoms with E-state index in [1.165, 1.54) is 11.6 Å². The normalized spacial score (nSPS) is 18.1. The third-order valence-electron chi connectivity index (χ3n) is 6.62. The van der Waals surface area contributed by atoms with Crippen LogP contribution in [0.1, 0.15) is 12.5 Å². The Morgan fingerprint density at radius 1 is 1.00 bits per heavy atom. The molecule has 33 heavy (non-hydrogen) atoms. The summed E-state index contributed by atoms with van der Waals surface area (Å²) in [7, 11) is -0.149. The molecule has 1 saturated heterocycles. The fourth-order valence-corrected chi connectivity index (χ4v) is 6.59. The first kappa shape index (κ1) is 20.0. The van der Waals surface area contributed by atoms with Crippen molar-refractivity contribution >= 4 is 37.6 Å². The lowest BCUT2D eigenvalue weighted by Gasteiger charge is -2.15. The lowest BCUT2D eigenvalue weighted by molar-refractivity contribution is 0.571. The second kappa shape index (κ2) is 6.67. The Balaban J connectivity index is 1.72. The molecule has 5 aromatic rings. The van der Waals surface area contributed by atoms with Crippen molar-refractivity contribution in [2.24, 2.45) is 14.1 Å². The molecule has 9 nitrogen and oxygen atoms in total. The highest BCUT2D eigenvalue weighted by atomic mass is 32.2. The highest BCUT2D eigenvalue weighted by Crippen LogP contribution is 2.34. The van der Waals surface area contributed by atoms with Crippen LogP contribution in [0.2, 0.25) is 0 Å². The molecule has 0 spiro atoms. The van der Waals surface area contributed by atoms with Crippen molar-refractivity contribution in [3.63, 3.8) is 0 Å². The van der Waals surface area contributed by atoms with E-state index in [0.29, 0.717) is 12.2 Å². The number of sulfone groups is 1. The van der Waals surface area contributed by atoms with Gasteiger partial charge in [0.15, 0.2) is 21.0 Å². The summed E-state index contributed by atoms with van der Waals surface area (Å²) in [5, 5.41) is 2.16. The van der Waals surface area contributed by atoms with Crippen molar-refractivity contribution in [1.29, 1.82) is 0 Å². The van der Waals surface area contributed by atoms with Crippen molar-refractivity contribution in [1.82, 2.24) is 23.1 Å². The molecule has 6 rings (SSSR count). The lowest BCUT2D eigenvalue weighted by Crippen LogP contribution is -2.37. The molecule has 0 radical (unpaired) electrons. The van der Waals surface area contributed by atoms with E-state index in [4.69, 9.17) is 0 Å². The molecule has 1 aliphatic heterocycles. The Kier molecular flexibility index (Phi) is 4.04. The maximum absolute atomic E-state index is 13.0. The van der Waals surface area contributed by atoms with Crippen LogP contribution < -0.4 is 11.2 Å². The molecular weight excluding hydrogens is 442 g/mol. The molecule has 2 aromatic carbocycles. The van der Waals surface area contributed by atoms with Crippen molar-refractivity contribution < 1.29 is 8.42 Å². The first-order valence-electron chi connectivity index (χ1n) is 10.6. The monoisotopic (exact) mass is 463 g/mol. The average molecular weight is 464 g/mol. The summed E-state index contributed by atoms with van der Waals surface area (Å²) in [6.07, 6.45) is 2.29. The molecule has 0 bridgehead atoms. The fourth-order valence-electron chi connectivity index (χ4n) is 4.89. The summed E-state index contributed by atoms with van der Waals surface area (Å²) in [5.41, 5.74) is 1.34. The Hall–Kier alpha value is -3.66. The van der Waals surface area contributed by atoms with Gasteiger partial charge in [-0.3, -0.25) is 18.3 Å². The number of imidazole rings is 2. The number of fused-ring (bicyclic) bond motifs is 4. The van der Waals surface area contributed by atoms with Gasteiger partial charge in [-0.15, -0.1) is 0 Å². The van der Waals surface area contributed by atoms with Gasteiger partial charge in [0.25, 0.3) is 5.56 Å². The molecule has 0 saturated carbocycles. The van der Waals surface area contributed by atoms with Crippen LogP contribution in [0.5, 0.6) is 0 Å². The Morgan fingerprint density at radius 2 is 1.76 bits per heavy atom. The van der Waals surface area contributed by atoms with Crippen LogP contribution in [0, 0.1) is 0 Å². The van der Waals surface area contributed by atoms with Gasteiger partial charge >= 0.3 is 5.69 Å². The lowest BCUT2D eigenvalue weighted by atomic mass is 10.0. The first-order chi connectivity index (χ1) is 15.7. The van der Waals surface area contributed by atoms with Gasteiger partial charge in [0.1, 0.15) is 0 Å². The highest BCUT2D eigenvalue weighted by Gasteiger charge is 2.33. The van der Waals surface area contributed by atoms with E-state index >= 15 is 0 Å². The van der Waals surface area contributed by atoms with E-state index in [-0.39, 0.29) is 28.7 Å². The van der Waals surface area contributed by atoms with Gasteiger partial charge in [0.2, 0.25) is 5.78 Å². The Morgan fingerprint density at radius 3 is 2.48 bits per heavy atom. The Labute approximate surface area is 188 Å². The molecule has 4 heterocycles. The van der Waals surface area contributed by atoms with Crippen LogP contribution in [0.4, 0.5) is 0 Å². The predicted molar refractivity (Wildman–Crippen MR) is 126 cm³/mol. The maximum Gasteiger partial charge on any atom is 0.332 e. The van der Waals surface area contributed by atoms with E-state index in [1.54, 1.807) is 11.4 Å². The summed E-state index contributed by atoms with van der Waals surface area (Å²) in [4.78, 5) is 30.1. The van der Waals surface area contributed by atoms with Gasteiger partial charge in [0.05, 0.1) is 23.2 Å². The standard InChI is InChI=1S/C23H21N5O4S/c1-25-20-19(21(29)26(2)23(25)30)27-12-18(16-8-7-14-5-3-4-6-15(14)11-16)28(22(27)24-20)17-9-10-33(31,32)13-17/h3-8,11-12,17H,9-10,13H2,1-2H3/t17-/m0/s1. The number of hydrogen-bond acceptors (Lipinski definition) is 5. The van der Waals surface area contributed by atoms with Crippen LogP contribution in [0.25, 0.3) is 39.0 Å². The van der Waals surface area contributed by atoms with E-state index in [2.05, 4.69) is 11.1 Å². The summed E-state index contributed by atoms with van der Waals surface area (Å²) < 4.78 is 30.7. The largest absolute Gasteiger partial charge is 0.332 e. The van der Waals surface area contributed by atoms with Gasteiger partial charge in [-0.2, -0.15) is 4.98 Å². The van der Waals surface area contributed by atoms with Gasteiger partial charge in [-0.05, 0) is 23.3 Å². The number of benzene rings is 2. The molecule has 1 aliphatic rings. The first-order valence-corrected chi connectivity index (χ1v) is 12.5. The Bertz CT molecular complexity index is 1840. The molecule has 168 valence electrons. The molecule has 0 amide bonds. The van der Waals surface area contributed by atoms with Gasteiger partial charge in [0, 0.05) is 25.9 Å². The molecule has 1 atom stereocenters.